The molecule has 0 unspecified atom stereocenters. The van der Waals surface area contributed by atoms with Crippen molar-refractivity contribution in [2.45, 2.75) is 19.4 Å². The summed E-state index contributed by atoms with van der Waals surface area (Å²) in [6.07, 6.45) is 4.74. The van der Waals surface area contributed by atoms with Gasteiger partial charge in [0.1, 0.15) is 5.82 Å². The summed E-state index contributed by atoms with van der Waals surface area (Å²) in [7, 11) is 0. The van der Waals surface area contributed by atoms with Crippen molar-refractivity contribution in [3.63, 3.8) is 0 Å². The molecule has 92 valence electrons. The van der Waals surface area contributed by atoms with Crippen LogP contribution in [-0.4, -0.2) is 28.8 Å². The fourth-order valence-corrected chi connectivity index (χ4v) is 2.20. The molecule has 0 aliphatic carbocycles. The molecule has 0 spiro atoms. The van der Waals surface area contributed by atoms with Gasteiger partial charge in [-0.05, 0) is 37.6 Å². The van der Waals surface area contributed by atoms with E-state index in [2.05, 4.69) is 9.88 Å². The van der Waals surface area contributed by atoms with Crippen molar-refractivity contribution in [3.05, 3.63) is 29.8 Å². The number of amidine groups is 1. The van der Waals surface area contributed by atoms with Gasteiger partial charge in [0.15, 0.2) is 0 Å². The van der Waals surface area contributed by atoms with Crippen LogP contribution in [0, 0.1) is 17.1 Å². The summed E-state index contributed by atoms with van der Waals surface area (Å²) in [5, 5.41) is 7.40. The summed E-state index contributed by atoms with van der Waals surface area (Å²) in [6.45, 7) is 2.52. The van der Waals surface area contributed by atoms with E-state index in [9.17, 15) is 4.39 Å². The second-order valence-corrected chi connectivity index (χ2v) is 4.52. The van der Waals surface area contributed by atoms with Gasteiger partial charge >= 0.3 is 0 Å². The van der Waals surface area contributed by atoms with Gasteiger partial charge in [-0.1, -0.05) is 0 Å². The summed E-state index contributed by atoms with van der Waals surface area (Å²) in [5.41, 5.74) is 6.38. The van der Waals surface area contributed by atoms with Gasteiger partial charge in [-0.3, -0.25) is 15.3 Å². The number of nitrogens with zero attached hydrogens (tertiary/aromatic N) is 2. The van der Waals surface area contributed by atoms with E-state index in [0.29, 0.717) is 0 Å². The lowest BCUT2D eigenvalue weighted by Gasteiger charge is -2.31. The van der Waals surface area contributed by atoms with Crippen LogP contribution < -0.4 is 5.73 Å². The third-order valence-electron chi connectivity index (χ3n) is 3.20. The van der Waals surface area contributed by atoms with E-state index < -0.39 is 0 Å². The van der Waals surface area contributed by atoms with Crippen molar-refractivity contribution in [3.8, 4) is 0 Å². The first-order valence-corrected chi connectivity index (χ1v) is 5.81. The summed E-state index contributed by atoms with van der Waals surface area (Å²) >= 11 is 0. The average Bonchev–Trinajstić information content (AvgIpc) is 2.29. The van der Waals surface area contributed by atoms with Crippen LogP contribution in [0.25, 0.3) is 0 Å². The van der Waals surface area contributed by atoms with Crippen LogP contribution in [0.1, 0.15) is 18.4 Å². The smallest absolute Gasteiger partial charge is 0.141 e. The van der Waals surface area contributed by atoms with E-state index >= 15 is 0 Å². The minimum absolute atomic E-state index is 0.219. The van der Waals surface area contributed by atoms with E-state index in [1.165, 1.54) is 12.3 Å². The number of halogens is 1. The molecule has 1 fully saturated rings. The first-order chi connectivity index (χ1) is 8.15. The fraction of sp³-hybridized carbons (Fsp3) is 0.500. The fourth-order valence-electron chi connectivity index (χ4n) is 2.20. The highest BCUT2D eigenvalue weighted by Gasteiger charge is 2.21. The molecule has 0 aromatic carbocycles. The minimum Gasteiger partial charge on any atom is -0.387 e. The Morgan fingerprint density at radius 2 is 2.18 bits per heavy atom. The highest BCUT2D eigenvalue weighted by molar-refractivity contribution is 5.79. The predicted octanol–water partition coefficient (Wildman–Crippen LogP) is 1.37. The van der Waals surface area contributed by atoms with Crippen molar-refractivity contribution in [2.75, 3.05) is 13.1 Å². The summed E-state index contributed by atoms with van der Waals surface area (Å²) < 4.78 is 13.0. The molecule has 1 aliphatic heterocycles. The Kier molecular flexibility index (Phi) is 3.68. The van der Waals surface area contributed by atoms with Crippen LogP contribution >= 0.6 is 0 Å². The Morgan fingerprint density at radius 3 is 2.76 bits per heavy atom. The topological polar surface area (TPSA) is 66.0 Å². The maximum absolute atomic E-state index is 13.0. The number of pyridine rings is 1. The van der Waals surface area contributed by atoms with Crippen molar-refractivity contribution >= 4 is 5.84 Å². The predicted molar refractivity (Wildman–Crippen MR) is 64.1 cm³/mol. The lowest BCUT2D eigenvalue weighted by Crippen LogP contribution is -2.37. The molecule has 1 saturated heterocycles. The molecule has 0 bridgehead atoms. The molecule has 2 rings (SSSR count). The van der Waals surface area contributed by atoms with Gasteiger partial charge in [0.05, 0.1) is 12.0 Å². The second kappa shape index (κ2) is 5.23. The molecule has 0 atom stereocenters. The Bertz CT molecular complexity index is 399. The monoisotopic (exact) mass is 236 g/mol. The standard InChI is InChI=1S/C12H17FN4/c13-11-5-9(6-16-7-11)8-17-3-1-10(2-4-17)12(14)15/h5-7,10H,1-4,8H2,(H3,14,15). The van der Waals surface area contributed by atoms with E-state index in [0.717, 1.165) is 38.0 Å². The van der Waals surface area contributed by atoms with Crippen LogP contribution in [0.15, 0.2) is 18.5 Å². The molecular weight excluding hydrogens is 219 g/mol. The molecular formula is C12H17FN4. The van der Waals surface area contributed by atoms with Crippen molar-refractivity contribution in [2.24, 2.45) is 11.7 Å². The minimum atomic E-state index is -0.291. The van der Waals surface area contributed by atoms with E-state index in [4.69, 9.17) is 11.1 Å². The normalized spacial score (nSPS) is 18.2. The molecule has 4 nitrogen and oxygen atoms in total. The molecule has 3 N–H and O–H groups in total. The number of piperidine rings is 1. The second-order valence-electron chi connectivity index (χ2n) is 4.52. The highest BCUT2D eigenvalue weighted by atomic mass is 19.1. The lowest BCUT2D eigenvalue weighted by atomic mass is 9.95. The number of nitrogens with one attached hydrogen (secondary N) is 1. The summed E-state index contributed by atoms with van der Waals surface area (Å²) in [5.74, 6) is 0.218. The van der Waals surface area contributed by atoms with Crippen LogP contribution in [0.3, 0.4) is 0 Å². The van der Waals surface area contributed by atoms with Gasteiger partial charge in [-0.25, -0.2) is 4.39 Å². The quantitative estimate of drug-likeness (QED) is 0.615. The number of aromatic nitrogens is 1. The number of rotatable bonds is 3. The Morgan fingerprint density at radius 1 is 1.47 bits per heavy atom. The van der Waals surface area contributed by atoms with Crippen LogP contribution in [-0.2, 0) is 6.54 Å². The number of hydrogen-bond acceptors (Lipinski definition) is 3. The third kappa shape index (κ3) is 3.23. The molecule has 0 saturated carbocycles. The van der Waals surface area contributed by atoms with Gasteiger partial charge < -0.3 is 5.73 Å². The lowest BCUT2D eigenvalue weighted by molar-refractivity contribution is 0.201. The molecule has 5 heteroatoms. The third-order valence-corrected chi connectivity index (χ3v) is 3.20. The van der Waals surface area contributed by atoms with Crippen molar-refractivity contribution in [1.82, 2.24) is 9.88 Å². The average molecular weight is 236 g/mol. The van der Waals surface area contributed by atoms with Gasteiger partial charge in [-0.15, -0.1) is 0 Å². The van der Waals surface area contributed by atoms with Crippen LogP contribution in [0.4, 0.5) is 4.39 Å². The van der Waals surface area contributed by atoms with Gasteiger partial charge in [0.25, 0.3) is 0 Å². The van der Waals surface area contributed by atoms with Crippen LogP contribution in [0.2, 0.25) is 0 Å². The van der Waals surface area contributed by atoms with Gasteiger partial charge in [-0.2, -0.15) is 0 Å². The number of hydrogen-bond donors (Lipinski definition) is 2. The molecule has 2 heterocycles. The number of likely N-dealkylation sites (tertiary alicyclic amines) is 1. The van der Waals surface area contributed by atoms with Crippen LogP contribution in [0.5, 0.6) is 0 Å². The Balaban J connectivity index is 1.88. The maximum atomic E-state index is 13.0. The highest BCUT2D eigenvalue weighted by Crippen LogP contribution is 2.18. The zero-order valence-electron chi connectivity index (χ0n) is 9.69. The zero-order valence-corrected chi connectivity index (χ0v) is 9.69. The largest absolute Gasteiger partial charge is 0.387 e. The maximum Gasteiger partial charge on any atom is 0.141 e. The van der Waals surface area contributed by atoms with Gasteiger partial charge in [0.2, 0.25) is 0 Å². The number of nitrogens with two attached hydrogens (primary N) is 1. The Hall–Kier alpha value is -1.49. The molecule has 17 heavy (non-hydrogen) atoms. The van der Waals surface area contributed by atoms with E-state index in [1.807, 2.05) is 0 Å². The van der Waals surface area contributed by atoms with Crippen molar-refractivity contribution < 1.29 is 4.39 Å². The van der Waals surface area contributed by atoms with E-state index in [-0.39, 0.29) is 17.6 Å². The molecule has 1 aliphatic rings. The molecule has 1 aromatic heterocycles. The summed E-state index contributed by atoms with van der Waals surface area (Å²) in [4.78, 5) is 6.08. The zero-order chi connectivity index (χ0) is 12.3. The molecule has 1 aromatic rings. The van der Waals surface area contributed by atoms with Crippen molar-refractivity contribution in [1.29, 1.82) is 5.41 Å². The first-order valence-electron chi connectivity index (χ1n) is 5.81. The molecule has 0 amide bonds. The Labute approximate surface area is 100 Å². The SMILES string of the molecule is N=C(N)C1CCN(Cc2cncc(F)c2)CC1. The first kappa shape index (κ1) is 12.0. The molecule has 0 radical (unpaired) electrons. The van der Waals surface area contributed by atoms with Gasteiger partial charge in [0, 0.05) is 18.7 Å². The summed E-state index contributed by atoms with van der Waals surface area (Å²) in [6, 6.07) is 1.52. The van der Waals surface area contributed by atoms with E-state index in [1.54, 1.807) is 6.20 Å².